The Balaban J connectivity index is 0.998. The van der Waals surface area contributed by atoms with E-state index in [0.29, 0.717) is 5.82 Å². The Morgan fingerprint density at radius 3 is 1.66 bits per heavy atom. The highest BCUT2D eigenvalue weighted by molar-refractivity contribution is 6.17. The van der Waals surface area contributed by atoms with Crippen molar-refractivity contribution in [3.05, 3.63) is 188 Å². The molecule has 0 unspecified atom stereocenters. The van der Waals surface area contributed by atoms with Gasteiger partial charge in [-0.3, -0.25) is 4.98 Å². The first-order valence-electron chi connectivity index (χ1n) is 18.7. The Hall–Kier alpha value is -7.63. The summed E-state index contributed by atoms with van der Waals surface area (Å²) in [7, 11) is 0. The third-order valence-corrected chi connectivity index (χ3v) is 10.7. The van der Waals surface area contributed by atoms with Gasteiger partial charge >= 0.3 is 0 Å². The van der Waals surface area contributed by atoms with E-state index < -0.39 is 0 Å². The van der Waals surface area contributed by atoms with Gasteiger partial charge in [-0.25, -0.2) is 9.97 Å². The van der Waals surface area contributed by atoms with E-state index in [9.17, 15) is 0 Å². The Morgan fingerprint density at radius 1 is 0.339 bits per heavy atom. The Kier molecular flexibility index (Phi) is 7.42. The van der Waals surface area contributed by atoms with Crippen LogP contribution < -0.4 is 0 Å². The van der Waals surface area contributed by atoms with Gasteiger partial charge in [0.1, 0.15) is 22.3 Å². The Morgan fingerprint density at radius 2 is 0.893 bits per heavy atom. The summed E-state index contributed by atoms with van der Waals surface area (Å²) in [6.07, 6.45) is 3.62. The number of furan rings is 2. The molecular formula is C51H31N3O2. The number of aromatic nitrogens is 3. The summed E-state index contributed by atoms with van der Waals surface area (Å²) in [5.41, 5.74) is 14.7. The number of fused-ring (bicyclic) bond motifs is 6. The molecule has 5 heteroatoms. The number of hydrogen-bond donors (Lipinski definition) is 0. The molecule has 11 aromatic rings. The van der Waals surface area contributed by atoms with E-state index in [4.69, 9.17) is 18.8 Å². The van der Waals surface area contributed by atoms with E-state index in [0.717, 1.165) is 105 Å². The lowest BCUT2D eigenvalue weighted by Gasteiger charge is -2.11. The summed E-state index contributed by atoms with van der Waals surface area (Å²) < 4.78 is 13.0. The van der Waals surface area contributed by atoms with Gasteiger partial charge in [0.15, 0.2) is 5.82 Å². The molecule has 7 aromatic carbocycles. The summed E-state index contributed by atoms with van der Waals surface area (Å²) in [4.78, 5) is 14.3. The van der Waals surface area contributed by atoms with Crippen LogP contribution in [0, 0.1) is 0 Å². The fourth-order valence-electron chi connectivity index (χ4n) is 7.85. The molecule has 0 bridgehead atoms. The lowest BCUT2D eigenvalue weighted by atomic mass is 9.93. The van der Waals surface area contributed by atoms with Crippen LogP contribution in [-0.2, 0) is 0 Å². The largest absolute Gasteiger partial charge is 0.456 e. The first-order chi connectivity index (χ1) is 27.7. The minimum Gasteiger partial charge on any atom is -0.456 e. The maximum absolute atomic E-state index is 6.67. The van der Waals surface area contributed by atoms with Crippen molar-refractivity contribution in [2.75, 3.05) is 0 Å². The zero-order chi connectivity index (χ0) is 37.0. The predicted octanol–water partition coefficient (Wildman–Crippen LogP) is 13.7. The topological polar surface area (TPSA) is 65.0 Å². The summed E-state index contributed by atoms with van der Waals surface area (Å²) in [5, 5.41) is 4.40. The number of benzene rings is 7. The third kappa shape index (κ3) is 5.45. The van der Waals surface area contributed by atoms with E-state index >= 15 is 0 Å². The fourth-order valence-corrected chi connectivity index (χ4v) is 7.85. The van der Waals surface area contributed by atoms with Gasteiger partial charge in [0.25, 0.3) is 0 Å². The van der Waals surface area contributed by atoms with Crippen molar-refractivity contribution in [1.29, 1.82) is 0 Å². The zero-order valence-electron chi connectivity index (χ0n) is 30.1. The van der Waals surface area contributed by atoms with E-state index in [1.54, 1.807) is 0 Å². The van der Waals surface area contributed by atoms with Gasteiger partial charge in [0.2, 0.25) is 0 Å². The second-order valence-corrected chi connectivity index (χ2v) is 14.0. The van der Waals surface area contributed by atoms with Crippen LogP contribution in [0.1, 0.15) is 0 Å². The standard InChI is InChI=1S/C51H31N3O2/c1-2-8-35(9-3-1)44-31-45(54-51(53-44)37-20-14-32(15-21-37)33-26-28-52-29-27-33)36-18-16-34(17-19-36)40-25-24-39(49-43-11-5-7-13-47(43)56-50(40)49)38-22-23-42-41-10-4-6-12-46(41)55-48(42)30-38/h1-31H. The first-order valence-corrected chi connectivity index (χ1v) is 18.7. The molecule has 0 aliphatic carbocycles. The minimum absolute atomic E-state index is 0.673. The van der Waals surface area contributed by atoms with Crippen molar-refractivity contribution in [3.63, 3.8) is 0 Å². The van der Waals surface area contributed by atoms with Crippen LogP contribution >= 0.6 is 0 Å². The molecule has 0 atom stereocenters. The molecule has 0 aliphatic heterocycles. The zero-order valence-corrected chi connectivity index (χ0v) is 30.1. The van der Waals surface area contributed by atoms with Crippen LogP contribution in [0.3, 0.4) is 0 Å². The van der Waals surface area contributed by atoms with Gasteiger partial charge < -0.3 is 8.83 Å². The molecule has 5 nitrogen and oxygen atoms in total. The van der Waals surface area contributed by atoms with Crippen LogP contribution in [0.5, 0.6) is 0 Å². The molecule has 56 heavy (non-hydrogen) atoms. The molecule has 0 saturated carbocycles. The van der Waals surface area contributed by atoms with Crippen LogP contribution in [0.15, 0.2) is 197 Å². The maximum atomic E-state index is 6.67. The van der Waals surface area contributed by atoms with Crippen LogP contribution in [0.2, 0.25) is 0 Å². The molecule has 11 rings (SSSR count). The van der Waals surface area contributed by atoms with E-state index in [2.05, 4.69) is 126 Å². The average molecular weight is 718 g/mol. The molecule has 0 N–H and O–H groups in total. The average Bonchev–Trinajstić information content (AvgIpc) is 3.85. The molecule has 4 aromatic heterocycles. The van der Waals surface area contributed by atoms with Gasteiger partial charge in [0.05, 0.1) is 11.4 Å². The summed E-state index contributed by atoms with van der Waals surface area (Å²) in [6.45, 7) is 0. The molecule has 0 radical (unpaired) electrons. The molecule has 4 heterocycles. The Bertz CT molecular complexity index is 3220. The van der Waals surface area contributed by atoms with E-state index in [1.807, 2.05) is 67.0 Å². The summed E-state index contributed by atoms with van der Waals surface area (Å²) in [6, 6.07) is 60.7. The number of hydrogen-bond acceptors (Lipinski definition) is 5. The van der Waals surface area contributed by atoms with Crippen LogP contribution in [0.4, 0.5) is 0 Å². The van der Waals surface area contributed by atoms with Crippen LogP contribution in [-0.4, -0.2) is 15.0 Å². The molecule has 0 aliphatic rings. The fraction of sp³-hybridized carbons (Fsp3) is 0. The number of rotatable bonds is 6. The normalized spacial score (nSPS) is 11.6. The summed E-state index contributed by atoms with van der Waals surface area (Å²) >= 11 is 0. The quantitative estimate of drug-likeness (QED) is 0.171. The molecule has 0 fully saturated rings. The van der Waals surface area contributed by atoms with E-state index in [-0.39, 0.29) is 0 Å². The number of nitrogens with zero attached hydrogens (tertiary/aromatic N) is 3. The van der Waals surface area contributed by atoms with Crippen molar-refractivity contribution in [1.82, 2.24) is 15.0 Å². The molecule has 0 amide bonds. The SMILES string of the molecule is c1ccc(-c2cc(-c3ccc(-c4ccc(-c5ccc6c(c5)oc5ccccc56)c5c4oc4ccccc45)cc3)nc(-c3ccc(-c4ccncc4)cc3)n2)cc1. The first kappa shape index (κ1) is 31.9. The van der Waals surface area contributed by atoms with Crippen LogP contribution in [0.25, 0.3) is 111 Å². The second-order valence-electron chi connectivity index (χ2n) is 14.0. The van der Waals surface area contributed by atoms with Gasteiger partial charge in [-0.05, 0) is 76.3 Å². The van der Waals surface area contributed by atoms with Crippen molar-refractivity contribution >= 4 is 43.9 Å². The molecule has 262 valence electrons. The van der Waals surface area contributed by atoms with Gasteiger partial charge in [-0.15, -0.1) is 0 Å². The molecular weight excluding hydrogens is 687 g/mol. The smallest absolute Gasteiger partial charge is 0.160 e. The highest BCUT2D eigenvalue weighted by Gasteiger charge is 2.19. The predicted molar refractivity (Wildman–Crippen MR) is 227 cm³/mol. The minimum atomic E-state index is 0.673. The number of pyridine rings is 1. The lowest BCUT2D eigenvalue weighted by Crippen LogP contribution is -1.96. The third-order valence-electron chi connectivity index (χ3n) is 10.7. The van der Waals surface area contributed by atoms with Gasteiger partial charge in [0, 0.05) is 56.2 Å². The lowest BCUT2D eigenvalue weighted by molar-refractivity contribution is 0.668. The summed E-state index contributed by atoms with van der Waals surface area (Å²) in [5.74, 6) is 0.673. The van der Waals surface area contributed by atoms with Crippen molar-refractivity contribution < 1.29 is 8.83 Å². The highest BCUT2D eigenvalue weighted by atomic mass is 16.3. The number of para-hydroxylation sites is 2. The molecule has 0 spiro atoms. The Labute approximate surface area is 322 Å². The monoisotopic (exact) mass is 717 g/mol. The van der Waals surface area contributed by atoms with Gasteiger partial charge in [-0.2, -0.15) is 0 Å². The van der Waals surface area contributed by atoms with E-state index in [1.165, 1.54) is 0 Å². The second kappa shape index (κ2) is 13.0. The van der Waals surface area contributed by atoms with Gasteiger partial charge in [-0.1, -0.05) is 127 Å². The van der Waals surface area contributed by atoms with Crippen molar-refractivity contribution in [3.8, 4) is 67.3 Å². The van der Waals surface area contributed by atoms with Crippen molar-refractivity contribution in [2.45, 2.75) is 0 Å². The highest BCUT2D eigenvalue weighted by Crippen LogP contribution is 2.43. The molecule has 0 saturated heterocycles. The van der Waals surface area contributed by atoms with Crippen molar-refractivity contribution in [2.24, 2.45) is 0 Å². The maximum Gasteiger partial charge on any atom is 0.160 e.